The zero-order chi connectivity index (χ0) is 12.0. The predicted molar refractivity (Wildman–Crippen MR) is 67.7 cm³/mol. The minimum Gasteiger partial charge on any atom is -0.316 e. The molecule has 90 valence electrons. The Kier molecular flexibility index (Phi) is 4.74. The first-order valence-electron chi connectivity index (χ1n) is 5.89. The van der Waals surface area contributed by atoms with Crippen molar-refractivity contribution in [3.8, 4) is 0 Å². The van der Waals surface area contributed by atoms with Crippen molar-refractivity contribution in [2.24, 2.45) is 0 Å². The molecule has 0 aliphatic carbocycles. The standard InChI is InChI=1S/C13H22N2O/c1-13(2,3)14-9-5-7-11-15-10-6-4-8-12(15)16/h4,6,8,10,14H,5,7,9,11H2,1-3H3. The third-order valence-electron chi connectivity index (χ3n) is 2.38. The molecule has 0 bridgehead atoms. The average molecular weight is 222 g/mol. The molecule has 0 unspecified atom stereocenters. The Hall–Kier alpha value is -1.09. The SMILES string of the molecule is CC(C)(C)NCCCCn1ccccc1=O. The van der Waals surface area contributed by atoms with E-state index in [4.69, 9.17) is 0 Å². The van der Waals surface area contributed by atoms with Gasteiger partial charge < -0.3 is 9.88 Å². The molecule has 16 heavy (non-hydrogen) atoms. The summed E-state index contributed by atoms with van der Waals surface area (Å²) in [6.45, 7) is 8.30. The molecule has 0 atom stereocenters. The minimum absolute atomic E-state index is 0.0891. The number of aryl methyl sites for hydroxylation is 1. The zero-order valence-corrected chi connectivity index (χ0v) is 10.5. The lowest BCUT2D eigenvalue weighted by atomic mass is 10.1. The van der Waals surface area contributed by atoms with Gasteiger partial charge in [-0.3, -0.25) is 4.79 Å². The molecule has 0 aliphatic rings. The number of nitrogens with one attached hydrogen (secondary N) is 1. The van der Waals surface area contributed by atoms with E-state index in [-0.39, 0.29) is 11.1 Å². The zero-order valence-electron chi connectivity index (χ0n) is 10.5. The molecule has 3 heteroatoms. The van der Waals surface area contributed by atoms with Gasteiger partial charge >= 0.3 is 0 Å². The number of hydrogen-bond acceptors (Lipinski definition) is 2. The Morgan fingerprint density at radius 3 is 2.62 bits per heavy atom. The summed E-state index contributed by atoms with van der Waals surface area (Å²) >= 11 is 0. The maximum Gasteiger partial charge on any atom is 0.250 e. The topological polar surface area (TPSA) is 34.0 Å². The van der Waals surface area contributed by atoms with Crippen LogP contribution in [0.1, 0.15) is 33.6 Å². The molecule has 0 saturated heterocycles. The molecular formula is C13H22N2O. The second kappa shape index (κ2) is 5.85. The van der Waals surface area contributed by atoms with Crippen LogP contribution in [0.25, 0.3) is 0 Å². The van der Waals surface area contributed by atoms with Crippen LogP contribution in [0.3, 0.4) is 0 Å². The fraction of sp³-hybridized carbons (Fsp3) is 0.615. The van der Waals surface area contributed by atoms with E-state index in [1.165, 1.54) is 0 Å². The van der Waals surface area contributed by atoms with Crippen molar-refractivity contribution < 1.29 is 0 Å². The van der Waals surface area contributed by atoms with Gasteiger partial charge in [0.15, 0.2) is 0 Å². The van der Waals surface area contributed by atoms with Gasteiger partial charge in [0.05, 0.1) is 0 Å². The number of aromatic nitrogens is 1. The van der Waals surface area contributed by atoms with E-state index < -0.39 is 0 Å². The highest BCUT2D eigenvalue weighted by Gasteiger charge is 2.06. The first-order valence-corrected chi connectivity index (χ1v) is 5.89. The molecule has 0 aromatic carbocycles. The molecule has 0 aliphatic heterocycles. The molecular weight excluding hydrogens is 200 g/mol. The first kappa shape index (κ1) is 13.0. The van der Waals surface area contributed by atoms with E-state index in [1.54, 1.807) is 16.7 Å². The minimum atomic E-state index is 0.0891. The highest BCUT2D eigenvalue weighted by atomic mass is 16.1. The third-order valence-corrected chi connectivity index (χ3v) is 2.38. The van der Waals surface area contributed by atoms with E-state index in [0.29, 0.717) is 0 Å². The summed E-state index contributed by atoms with van der Waals surface area (Å²) in [6.07, 6.45) is 3.98. The van der Waals surface area contributed by atoms with Gasteiger partial charge in [-0.2, -0.15) is 0 Å². The Morgan fingerprint density at radius 2 is 2.00 bits per heavy atom. The van der Waals surface area contributed by atoms with Crippen molar-refractivity contribution in [2.75, 3.05) is 6.54 Å². The van der Waals surface area contributed by atoms with Crippen molar-refractivity contribution in [2.45, 2.75) is 45.7 Å². The van der Waals surface area contributed by atoms with Crippen LogP contribution < -0.4 is 10.9 Å². The second-order valence-corrected chi connectivity index (χ2v) is 5.12. The van der Waals surface area contributed by atoms with Crippen LogP contribution in [0, 0.1) is 0 Å². The van der Waals surface area contributed by atoms with Crippen molar-refractivity contribution >= 4 is 0 Å². The number of pyridine rings is 1. The van der Waals surface area contributed by atoms with Crippen LogP contribution in [-0.2, 0) is 6.54 Å². The monoisotopic (exact) mass is 222 g/mol. The van der Waals surface area contributed by atoms with Crippen LogP contribution >= 0.6 is 0 Å². The lowest BCUT2D eigenvalue weighted by Crippen LogP contribution is -2.36. The molecule has 0 radical (unpaired) electrons. The van der Waals surface area contributed by atoms with Crippen molar-refractivity contribution in [3.63, 3.8) is 0 Å². The van der Waals surface area contributed by atoms with Gasteiger partial charge in [0.1, 0.15) is 0 Å². The summed E-state index contributed by atoms with van der Waals surface area (Å²) in [5.41, 5.74) is 0.273. The summed E-state index contributed by atoms with van der Waals surface area (Å²) in [5, 5.41) is 3.44. The Balaban J connectivity index is 2.22. The normalized spacial score (nSPS) is 11.7. The number of unbranched alkanes of at least 4 members (excludes halogenated alkanes) is 1. The molecule has 0 fully saturated rings. The predicted octanol–water partition coefficient (Wildman–Crippen LogP) is 2.02. The number of hydrogen-bond donors (Lipinski definition) is 1. The maximum absolute atomic E-state index is 11.4. The average Bonchev–Trinajstić information content (AvgIpc) is 2.18. The first-order chi connectivity index (χ1) is 7.49. The van der Waals surface area contributed by atoms with Gasteiger partial charge in [-0.15, -0.1) is 0 Å². The molecule has 1 heterocycles. The molecule has 0 amide bonds. The Morgan fingerprint density at radius 1 is 1.25 bits per heavy atom. The van der Waals surface area contributed by atoms with Crippen LogP contribution in [0.15, 0.2) is 29.2 Å². The van der Waals surface area contributed by atoms with E-state index >= 15 is 0 Å². The highest BCUT2D eigenvalue weighted by Crippen LogP contribution is 1.99. The van der Waals surface area contributed by atoms with Gasteiger partial charge in [0.25, 0.3) is 0 Å². The molecule has 3 nitrogen and oxygen atoms in total. The Labute approximate surface area is 97.5 Å². The van der Waals surface area contributed by atoms with Gasteiger partial charge in [-0.1, -0.05) is 6.07 Å². The molecule has 1 N–H and O–H groups in total. The van der Waals surface area contributed by atoms with Gasteiger partial charge in [-0.25, -0.2) is 0 Å². The van der Waals surface area contributed by atoms with E-state index in [9.17, 15) is 4.79 Å². The number of rotatable bonds is 5. The molecule has 0 spiro atoms. The highest BCUT2D eigenvalue weighted by molar-refractivity contribution is 4.92. The summed E-state index contributed by atoms with van der Waals surface area (Å²) in [6, 6.07) is 5.28. The summed E-state index contributed by atoms with van der Waals surface area (Å²) in [5.74, 6) is 0. The lowest BCUT2D eigenvalue weighted by Gasteiger charge is -2.20. The maximum atomic E-state index is 11.4. The fourth-order valence-electron chi connectivity index (χ4n) is 1.52. The summed E-state index contributed by atoms with van der Waals surface area (Å²) < 4.78 is 1.76. The van der Waals surface area contributed by atoms with E-state index in [1.807, 2.05) is 12.3 Å². The van der Waals surface area contributed by atoms with Gasteiger partial charge in [0.2, 0.25) is 5.56 Å². The third kappa shape index (κ3) is 5.12. The largest absolute Gasteiger partial charge is 0.316 e. The number of nitrogens with zero attached hydrogens (tertiary/aromatic N) is 1. The van der Waals surface area contributed by atoms with Gasteiger partial charge in [0, 0.05) is 24.3 Å². The quantitative estimate of drug-likeness (QED) is 0.773. The lowest BCUT2D eigenvalue weighted by molar-refractivity contribution is 0.413. The van der Waals surface area contributed by atoms with E-state index in [2.05, 4.69) is 26.1 Å². The van der Waals surface area contributed by atoms with Crippen molar-refractivity contribution in [3.05, 3.63) is 34.7 Å². The Bertz CT molecular complexity index is 363. The van der Waals surface area contributed by atoms with Crippen LogP contribution in [0.4, 0.5) is 0 Å². The molecule has 0 saturated carbocycles. The van der Waals surface area contributed by atoms with E-state index in [0.717, 1.165) is 25.9 Å². The summed E-state index contributed by atoms with van der Waals surface area (Å²) in [4.78, 5) is 11.4. The van der Waals surface area contributed by atoms with Crippen LogP contribution in [-0.4, -0.2) is 16.7 Å². The van der Waals surface area contributed by atoms with Crippen molar-refractivity contribution in [1.82, 2.24) is 9.88 Å². The molecule has 1 aromatic heterocycles. The fourth-order valence-corrected chi connectivity index (χ4v) is 1.52. The van der Waals surface area contributed by atoms with Crippen molar-refractivity contribution in [1.29, 1.82) is 0 Å². The smallest absolute Gasteiger partial charge is 0.250 e. The van der Waals surface area contributed by atoms with Crippen LogP contribution in [0.5, 0.6) is 0 Å². The van der Waals surface area contributed by atoms with Crippen LogP contribution in [0.2, 0.25) is 0 Å². The summed E-state index contributed by atoms with van der Waals surface area (Å²) in [7, 11) is 0. The second-order valence-electron chi connectivity index (χ2n) is 5.12. The van der Waals surface area contributed by atoms with Gasteiger partial charge in [-0.05, 0) is 46.2 Å². The molecule has 1 aromatic rings. The molecule has 1 rings (SSSR count).